The first kappa shape index (κ1) is 20.1. The zero-order valence-corrected chi connectivity index (χ0v) is 16.7. The second-order valence-electron chi connectivity index (χ2n) is 7.47. The Morgan fingerprint density at radius 2 is 1.90 bits per heavy atom. The Hall–Kier alpha value is -3.18. The first-order valence-corrected chi connectivity index (χ1v) is 9.91. The number of aliphatic carboxylic acids is 1. The van der Waals surface area contributed by atoms with Gasteiger partial charge in [-0.3, -0.25) is 4.79 Å². The molecule has 3 aromatic carbocycles. The molecule has 3 aromatic rings. The maximum Gasteiger partial charge on any atom is 0.303 e. The monoisotopic (exact) mass is 406 g/mol. The van der Waals surface area contributed by atoms with Crippen LogP contribution < -0.4 is 4.74 Å². The fourth-order valence-electron chi connectivity index (χ4n) is 3.81. The Kier molecular flexibility index (Phi) is 5.81. The van der Waals surface area contributed by atoms with Crippen LogP contribution in [0, 0.1) is 5.82 Å². The van der Waals surface area contributed by atoms with Gasteiger partial charge in [0.2, 0.25) is 0 Å². The lowest BCUT2D eigenvalue weighted by Gasteiger charge is -2.26. The van der Waals surface area contributed by atoms with E-state index in [0.717, 1.165) is 28.7 Å². The number of benzene rings is 3. The molecule has 0 fully saturated rings. The van der Waals surface area contributed by atoms with Gasteiger partial charge < -0.3 is 14.6 Å². The van der Waals surface area contributed by atoms with Crippen molar-refractivity contribution >= 4 is 5.97 Å². The van der Waals surface area contributed by atoms with Crippen molar-refractivity contribution in [1.82, 2.24) is 0 Å². The average molecular weight is 406 g/mol. The van der Waals surface area contributed by atoms with Crippen LogP contribution in [0.2, 0.25) is 0 Å². The van der Waals surface area contributed by atoms with Crippen molar-refractivity contribution in [2.24, 2.45) is 0 Å². The number of halogens is 1. The fourth-order valence-corrected chi connectivity index (χ4v) is 3.81. The topological polar surface area (TPSA) is 55.8 Å². The highest BCUT2D eigenvalue weighted by atomic mass is 19.1. The number of carbonyl (C=O) groups is 1. The molecule has 0 aliphatic carbocycles. The summed E-state index contributed by atoms with van der Waals surface area (Å²) in [6, 6.07) is 18.5. The first-order chi connectivity index (χ1) is 14.5. The molecule has 0 spiro atoms. The molecule has 1 aliphatic heterocycles. The van der Waals surface area contributed by atoms with Crippen LogP contribution in [-0.4, -0.2) is 18.2 Å². The number of rotatable bonds is 6. The van der Waals surface area contributed by atoms with E-state index in [9.17, 15) is 9.18 Å². The van der Waals surface area contributed by atoms with E-state index in [1.54, 1.807) is 19.2 Å². The van der Waals surface area contributed by atoms with E-state index in [2.05, 4.69) is 6.07 Å². The number of hydrogen-bond donors (Lipinski definition) is 1. The van der Waals surface area contributed by atoms with E-state index in [1.165, 1.54) is 11.6 Å². The maximum atomic E-state index is 14.2. The summed E-state index contributed by atoms with van der Waals surface area (Å²) >= 11 is 0. The van der Waals surface area contributed by atoms with Gasteiger partial charge >= 0.3 is 5.97 Å². The number of methoxy groups -OCH3 is 1. The number of fused-ring (bicyclic) bond motifs is 1. The third kappa shape index (κ3) is 4.36. The summed E-state index contributed by atoms with van der Waals surface area (Å²) in [6.45, 7) is 0.519. The highest BCUT2D eigenvalue weighted by Crippen LogP contribution is 2.33. The summed E-state index contributed by atoms with van der Waals surface area (Å²) in [5.41, 5.74) is 5.67. The van der Waals surface area contributed by atoms with Gasteiger partial charge in [0.05, 0.1) is 19.8 Å². The lowest BCUT2D eigenvalue weighted by Crippen LogP contribution is -2.16. The van der Waals surface area contributed by atoms with E-state index >= 15 is 0 Å². The minimum absolute atomic E-state index is 0.0866. The van der Waals surface area contributed by atoms with Crippen molar-refractivity contribution in [3.8, 4) is 16.9 Å². The van der Waals surface area contributed by atoms with E-state index in [0.29, 0.717) is 24.3 Å². The molecule has 4 nitrogen and oxygen atoms in total. The number of aryl methyl sites for hydroxylation is 1. The van der Waals surface area contributed by atoms with Crippen LogP contribution in [-0.2, 0) is 29.0 Å². The molecule has 1 heterocycles. The Morgan fingerprint density at radius 3 is 2.63 bits per heavy atom. The maximum absolute atomic E-state index is 14.2. The van der Waals surface area contributed by atoms with Crippen molar-refractivity contribution in [1.29, 1.82) is 0 Å². The number of carboxylic acid groups (broad SMARTS) is 1. The van der Waals surface area contributed by atoms with Crippen LogP contribution in [0.5, 0.6) is 5.75 Å². The molecule has 1 atom stereocenters. The highest BCUT2D eigenvalue weighted by Gasteiger charge is 2.21. The van der Waals surface area contributed by atoms with Crippen molar-refractivity contribution < 1.29 is 23.8 Å². The van der Waals surface area contributed by atoms with Crippen molar-refractivity contribution in [2.45, 2.75) is 32.0 Å². The molecule has 5 heteroatoms. The summed E-state index contributed by atoms with van der Waals surface area (Å²) in [4.78, 5) is 10.8. The zero-order chi connectivity index (χ0) is 21.1. The van der Waals surface area contributed by atoms with E-state index in [4.69, 9.17) is 14.6 Å². The van der Waals surface area contributed by atoms with Crippen LogP contribution >= 0.6 is 0 Å². The Labute approximate surface area is 174 Å². The molecule has 0 amide bonds. The standard InChI is InChI=1S/C25H23FO4/c1-29-21-9-10-23(26)22(14-21)17-5-7-18(8-6-17)24-13-20-12-16(3-11-25(27)28)2-4-19(20)15-30-24/h2,4-10,12,14,24H,3,11,13,15H2,1H3,(H,27,28)/t24-/m0/s1. The van der Waals surface area contributed by atoms with Gasteiger partial charge in [-0.25, -0.2) is 4.39 Å². The lowest BCUT2D eigenvalue weighted by atomic mass is 9.92. The molecule has 154 valence electrons. The van der Waals surface area contributed by atoms with Crippen LogP contribution in [0.25, 0.3) is 11.1 Å². The van der Waals surface area contributed by atoms with Crippen LogP contribution in [0.4, 0.5) is 4.39 Å². The summed E-state index contributed by atoms with van der Waals surface area (Å²) < 4.78 is 25.5. The molecule has 0 bridgehead atoms. The van der Waals surface area contributed by atoms with Gasteiger partial charge in [0.25, 0.3) is 0 Å². The molecule has 0 unspecified atom stereocenters. The van der Waals surface area contributed by atoms with E-state index < -0.39 is 5.97 Å². The second-order valence-corrected chi connectivity index (χ2v) is 7.47. The van der Waals surface area contributed by atoms with Gasteiger partial charge in [-0.2, -0.15) is 0 Å². The Bertz CT molecular complexity index is 1060. The van der Waals surface area contributed by atoms with Gasteiger partial charge in [-0.1, -0.05) is 42.5 Å². The van der Waals surface area contributed by atoms with Crippen LogP contribution in [0.15, 0.2) is 60.7 Å². The summed E-state index contributed by atoms with van der Waals surface area (Å²) in [5, 5.41) is 8.90. The third-order valence-electron chi connectivity index (χ3n) is 5.51. The van der Waals surface area contributed by atoms with Gasteiger partial charge in [0.1, 0.15) is 11.6 Å². The molecule has 30 heavy (non-hydrogen) atoms. The van der Waals surface area contributed by atoms with Crippen molar-refractivity contribution in [3.05, 3.63) is 88.7 Å². The molecule has 0 radical (unpaired) electrons. The molecule has 0 saturated heterocycles. The third-order valence-corrected chi connectivity index (χ3v) is 5.51. The zero-order valence-electron chi connectivity index (χ0n) is 16.7. The molecule has 0 aromatic heterocycles. The smallest absolute Gasteiger partial charge is 0.303 e. The minimum atomic E-state index is -0.790. The van der Waals surface area contributed by atoms with Crippen LogP contribution in [0.1, 0.15) is 34.8 Å². The van der Waals surface area contributed by atoms with Gasteiger partial charge in [-0.05, 0) is 52.4 Å². The predicted molar refractivity (Wildman–Crippen MR) is 112 cm³/mol. The van der Waals surface area contributed by atoms with Crippen LogP contribution in [0.3, 0.4) is 0 Å². The van der Waals surface area contributed by atoms with E-state index in [-0.39, 0.29) is 18.3 Å². The molecule has 4 rings (SSSR count). The van der Waals surface area contributed by atoms with Crippen molar-refractivity contribution in [3.63, 3.8) is 0 Å². The summed E-state index contributed by atoms with van der Waals surface area (Å²) in [6.07, 6.45) is 1.29. The largest absolute Gasteiger partial charge is 0.497 e. The first-order valence-electron chi connectivity index (χ1n) is 9.91. The highest BCUT2D eigenvalue weighted by molar-refractivity contribution is 5.67. The fraction of sp³-hybridized carbons (Fsp3) is 0.240. The van der Waals surface area contributed by atoms with Gasteiger partial charge in [0, 0.05) is 18.4 Å². The van der Waals surface area contributed by atoms with E-state index in [1.807, 2.05) is 36.4 Å². The Balaban J connectivity index is 1.52. The normalized spacial score (nSPS) is 15.5. The average Bonchev–Trinajstić information content (AvgIpc) is 2.77. The summed E-state index contributed by atoms with van der Waals surface area (Å²) in [7, 11) is 1.56. The van der Waals surface area contributed by atoms with Gasteiger partial charge in [0.15, 0.2) is 0 Å². The molecule has 1 aliphatic rings. The quantitative estimate of drug-likeness (QED) is 0.601. The molecular formula is C25H23FO4. The lowest BCUT2D eigenvalue weighted by molar-refractivity contribution is -0.136. The number of ether oxygens (including phenoxy) is 2. The van der Waals surface area contributed by atoms with Gasteiger partial charge in [-0.15, -0.1) is 0 Å². The second kappa shape index (κ2) is 8.67. The predicted octanol–water partition coefficient (Wildman–Crippen LogP) is 5.33. The molecule has 0 saturated carbocycles. The number of carboxylic acids is 1. The number of hydrogen-bond acceptors (Lipinski definition) is 3. The minimum Gasteiger partial charge on any atom is -0.497 e. The Morgan fingerprint density at radius 1 is 1.10 bits per heavy atom. The summed E-state index contributed by atoms with van der Waals surface area (Å²) in [5.74, 6) is -0.469. The SMILES string of the molecule is COc1ccc(F)c(-c2ccc([C@@H]3Cc4cc(CCC(=O)O)ccc4CO3)cc2)c1. The molecule has 1 N–H and O–H groups in total. The molecular weight excluding hydrogens is 383 g/mol. The van der Waals surface area contributed by atoms with Crippen molar-refractivity contribution in [2.75, 3.05) is 7.11 Å².